The van der Waals surface area contributed by atoms with E-state index in [9.17, 15) is 9.59 Å². The molecule has 2 fully saturated rings. The molecule has 3 aliphatic rings. The molecule has 15 heavy (non-hydrogen) atoms. The first-order chi connectivity index (χ1) is 7.10. The number of Topliss-reactive ketones (excluding diaryl/α,β-unsaturated/α-hetero) is 2. The fourth-order valence-corrected chi connectivity index (χ4v) is 3.75. The molecule has 1 unspecified atom stereocenters. The predicted molar refractivity (Wildman–Crippen MR) is 55.4 cm³/mol. The second kappa shape index (κ2) is 2.59. The SMILES string of the molecule is CC(=O)C1=CC[C@H]2CCN3[C@@H]1[C@@]23C(C)=O. The molecule has 0 aromatic rings. The molecule has 0 aromatic carbocycles. The Hall–Kier alpha value is -0.960. The molecule has 0 aromatic heterocycles. The summed E-state index contributed by atoms with van der Waals surface area (Å²) in [6, 6.07) is 0.125. The molecule has 0 radical (unpaired) electrons. The highest BCUT2D eigenvalue weighted by molar-refractivity contribution is 6.02. The van der Waals surface area contributed by atoms with Crippen molar-refractivity contribution in [3.8, 4) is 0 Å². The molecule has 4 atom stereocenters. The summed E-state index contributed by atoms with van der Waals surface area (Å²) >= 11 is 0. The van der Waals surface area contributed by atoms with E-state index >= 15 is 0 Å². The number of ketones is 2. The van der Waals surface area contributed by atoms with Gasteiger partial charge in [0.2, 0.25) is 0 Å². The van der Waals surface area contributed by atoms with Crippen LogP contribution in [0.3, 0.4) is 0 Å². The predicted octanol–water partition coefficient (Wildman–Crippen LogP) is 0.937. The van der Waals surface area contributed by atoms with Gasteiger partial charge >= 0.3 is 0 Å². The summed E-state index contributed by atoms with van der Waals surface area (Å²) in [5.41, 5.74) is 0.608. The van der Waals surface area contributed by atoms with E-state index in [0.717, 1.165) is 25.0 Å². The molecule has 0 bridgehead atoms. The molecule has 3 heteroatoms. The van der Waals surface area contributed by atoms with Crippen LogP contribution in [0.1, 0.15) is 26.7 Å². The van der Waals surface area contributed by atoms with Crippen LogP contribution in [-0.2, 0) is 9.59 Å². The minimum Gasteiger partial charge on any atom is -0.298 e. The number of rotatable bonds is 2. The minimum absolute atomic E-state index is 0.125. The van der Waals surface area contributed by atoms with Crippen LogP contribution in [0.15, 0.2) is 11.6 Å². The van der Waals surface area contributed by atoms with Crippen molar-refractivity contribution in [2.45, 2.75) is 38.3 Å². The largest absolute Gasteiger partial charge is 0.298 e. The summed E-state index contributed by atoms with van der Waals surface area (Å²) in [5, 5.41) is 0. The van der Waals surface area contributed by atoms with E-state index in [0.29, 0.717) is 5.92 Å². The lowest BCUT2D eigenvalue weighted by Crippen LogP contribution is -2.36. The Morgan fingerprint density at radius 1 is 1.47 bits per heavy atom. The molecule has 0 saturated carbocycles. The van der Waals surface area contributed by atoms with E-state index in [1.165, 1.54) is 0 Å². The van der Waals surface area contributed by atoms with Gasteiger partial charge in [0, 0.05) is 12.1 Å². The van der Waals surface area contributed by atoms with E-state index in [2.05, 4.69) is 11.0 Å². The van der Waals surface area contributed by atoms with Gasteiger partial charge in [0.15, 0.2) is 11.6 Å². The van der Waals surface area contributed by atoms with Crippen molar-refractivity contribution in [1.29, 1.82) is 0 Å². The first-order valence-corrected chi connectivity index (χ1v) is 5.59. The van der Waals surface area contributed by atoms with Crippen molar-refractivity contribution in [3.05, 3.63) is 11.6 Å². The Bertz CT molecular complexity index is 398. The number of allylic oxidation sites excluding steroid dienone is 1. The van der Waals surface area contributed by atoms with Crippen molar-refractivity contribution in [1.82, 2.24) is 4.90 Å². The number of hydrogen-bond acceptors (Lipinski definition) is 3. The molecular formula is C12H15NO2. The van der Waals surface area contributed by atoms with Gasteiger partial charge in [-0.05, 0) is 32.6 Å². The van der Waals surface area contributed by atoms with Crippen LogP contribution < -0.4 is 0 Å². The summed E-state index contributed by atoms with van der Waals surface area (Å²) in [5.74, 6) is 0.846. The smallest absolute Gasteiger partial charge is 0.157 e. The van der Waals surface area contributed by atoms with Crippen LogP contribution in [0.5, 0.6) is 0 Å². The Balaban J connectivity index is 2.05. The van der Waals surface area contributed by atoms with Gasteiger partial charge in [-0.25, -0.2) is 0 Å². The van der Waals surface area contributed by atoms with Crippen LogP contribution in [0, 0.1) is 5.92 Å². The van der Waals surface area contributed by atoms with Crippen LogP contribution >= 0.6 is 0 Å². The van der Waals surface area contributed by atoms with Gasteiger partial charge in [-0.3, -0.25) is 14.5 Å². The summed E-state index contributed by atoms with van der Waals surface area (Å²) in [6.07, 6.45) is 4.07. The number of piperidine rings is 1. The van der Waals surface area contributed by atoms with Gasteiger partial charge in [0.1, 0.15) is 5.54 Å². The van der Waals surface area contributed by atoms with Crippen LogP contribution in [0.2, 0.25) is 0 Å². The van der Waals surface area contributed by atoms with Gasteiger partial charge in [-0.15, -0.1) is 0 Å². The van der Waals surface area contributed by atoms with E-state index < -0.39 is 0 Å². The molecule has 3 rings (SSSR count). The van der Waals surface area contributed by atoms with E-state index in [1.807, 2.05) is 0 Å². The van der Waals surface area contributed by atoms with E-state index in [4.69, 9.17) is 0 Å². The average molecular weight is 205 g/mol. The fourth-order valence-electron chi connectivity index (χ4n) is 3.75. The second-order valence-electron chi connectivity index (χ2n) is 4.91. The molecule has 1 aliphatic carbocycles. The van der Waals surface area contributed by atoms with Gasteiger partial charge in [0.05, 0.1) is 6.04 Å². The number of hydrogen-bond donors (Lipinski definition) is 0. The maximum Gasteiger partial charge on any atom is 0.157 e. The maximum absolute atomic E-state index is 11.8. The molecule has 0 amide bonds. The van der Waals surface area contributed by atoms with Crippen molar-refractivity contribution in [2.24, 2.45) is 5.92 Å². The monoisotopic (exact) mass is 205 g/mol. The molecule has 0 N–H and O–H groups in total. The topological polar surface area (TPSA) is 37.1 Å². The van der Waals surface area contributed by atoms with Gasteiger partial charge in [0.25, 0.3) is 0 Å². The number of carbonyl (C=O) groups is 2. The maximum atomic E-state index is 11.8. The fraction of sp³-hybridized carbons (Fsp3) is 0.667. The zero-order chi connectivity index (χ0) is 10.8. The zero-order valence-electron chi connectivity index (χ0n) is 9.12. The Kier molecular flexibility index (Phi) is 1.60. The molecule has 2 saturated heterocycles. The van der Waals surface area contributed by atoms with Gasteiger partial charge < -0.3 is 0 Å². The van der Waals surface area contributed by atoms with Crippen molar-refractivity contribution >= 4 is 11.6 Å². The lowest BCUT2D eigenvalue weighted by molar-refractivity contribution is -0.121. The Labute approximate surface area is 89.1 Å². The summed E-state index contributed by atoms with van der Waals surface area (Å²) < 4.78 is 0. The van der Waals surface area contributed by atoms with Crippen molar-refractivity contribution in [2.75, 3.05) is 6.54 Å². The van der Waals surface area contributed by atoms with E-state index in [-0.39, 0.29) is 23.1 Å². The first kappa shape index (κ1) is 9.28. The third-order valence-electron chi connectivity index (χ3n) is 4.36. The molecule has 3 nitrogen and oxygen atoms in total. The summed E-state index contributed by atoms with van der Waals surface area (Å²) in [7, 11) is 0. The summed E-state index contributed by atoms with van der Waals surface area (Å²) in [6.45, 7) is 4.27. The summed E-state index contributed by atoms with van der Waals surface area (Å²) in [4.78, 5) is 25.5. The first-order valence-electron chi connectivity index (χ1n) is 5.59. The van der Waals surface area contributed by atoms with Gasteiger partial charge in [-0.2, -0.15) is 0 Å². The van der Waals surface area contributed by atoms with Gasteiger partial charge in [-0.1, -0.05) is 6.08 Å². The molecule has 0 spiro atoms. The average Bonchev–Trinajstić information content (AvgIpc) is 2.65. The molecule has 80 valence electrons. The quantitative estimate of drug-likeness (QED) is 0.629. The minimum atomic E-state index is -0.268. The number of nitrogens with zero attached hydrogens (tertiary/aromatic N) is 1. The highest BCUT2D eigenvalue weighted by Gasteiger charge is 2.74. The van der Waals surface area contributed by atoms with Crippen LogP contribution in [0.4, 0.5) is 0 Å². The molecular weight excluding hydrogens is 190 g/mol. The highest BCUT2D eigenvalue weighted by atomic mass is 16.1. The van der Waals surface area contributed by atoms with Crippen molar-refractivity contribution < 1.29 is 9.59 Å². The van der Waals surface area contributed by atoms with E-state index in [1.54, 1.807) is 13.8 Å². The highest BCUT2D eigenvalue weighted by Crippen LogP contribution is 2.60. The second-order valence-corrected chi connectivity index (χ2v) is 4.91. The lowest BCUT2D eigenvalue weighted by atomic mass is 9.75. The Morgan fingerprint density at radius 2 is 2.20 bits per heavy atom. The molecule has 2 aliphatic heterocycles. The lowest BCUT2D eigenvalue weighted by Gasteiger charge is -2.24. The zero-order valence-corrected chi connectivity index (χ0v) is 9.12. The third kappa shape index (κ3) is 0.858. The normalized spacial score (nSPS) is 45.7. The van der Waals surface area contributed by atoms with Crippen LogP contribution in [0.25, 0.3) is 0 Å². The standard InChI is InChI=1S/C12H15NO2/c1-7(14)10-4-3-9-5-6-13-11(10)12(9,13)8(2)15/h4,9,11H,3,5-6H2,1-2H3/t9-,11-,12+,13?/m0/s1. The number of fused-ring (bicyclic) bond motifs is 1. The van der Waals surface area contributed by atoms with Crippen molar-refractivity contribution in [3.63, 3.8) is 0 Å². The number of carbonyl (C=O) groups excluding carboxylic acids is 2. The molecule has 2 heterocycles. The third-order valence-corrected chi connectivity index (χ3v) is 4.36. The Morgan fingerprint density at radius 3 is 2.80 bits per heavy atom. The van der Waals surface area contributed by atoms with Crippen LogP contribution in [-0.4, -0.2) is 34.6 Å².